The number of nitrogens with one attached hydrogen (secondary N) is 1. The molecule has 1 aromatic rings. The standard InChI is InChI=1S/C10H14N4/c1-7(12)8(2)14-10-3-4-13-6-9(10)5-11/h3-4,6-8H,12H2,1-2H3,(H,13,14). The van der Waals surface area contributed by atoms with Crippen LogP contribution in [-0.4, -0.2) is 17.1 Å². The van der Waals surface area contributed by atoms with Gasteiger partial charge in [-0.15, -0.1) is 0 Å². The smallest absolute Gasteiger partial charge is 0.103 e. The molecular weight excluding hydrogens is 176 g/mol. The van der Waals surface area contributed by atoms with Gasteiger partial charge in [0.15, 0.2) is 0 Å². The fraction of sp³-hybridized carbons (Fsp3) is 0.400. The Morgan fingerprint density at radius 2 is 2.29 bits per heavy atom. The quantitative estimate of drug-likeness (QED) is 0.748. The van der Waals surface area contributed by atoms with Crippen molar-refractivity contribution in [3.63, 3.8) is 0 Å². The summed E-state index contributed by atoms with van der Waals surface area (Å²) < 4.78 is 0. The lowest BCUT2D eigenvalue weighted by Gasteiger charge is -2.19. The molecule has 0 aliphatic heterocycles. The van der Waals surface area contributed by atoms with Crippen LogP contribution in [0.1, 0.15) is 19.4 Å². The zero-order valence-electron chi connectivity index (χ0n) is 8.36. The van der Waals surface area contributed by atoms with Gasteiger partial charge in [-0.05, 0) is 19.9 Å². The van der Waals surface area contributed by atoms with Gasteiger partial charge in [0.2, 0.25) is 0 Å². The lowest BCUT2D eigenvalue weighted by atomic mass is 10.1. The van der Waals surface area contributed by atoms with Crippen LogP contribution < -0.4 is 11.1 Å². The van der Waals surface area contributed by atoms with E-state index in [4.69, 9.17) is 11.0 Å². The van der Waals surface area contributed by atoms with E-state index in [1.807, 2.05) is 13.8 Å². The second-order valence-electron chi connectivity index (χ2n) is 3.33. The fourth-order valence-corrected chi connectivity index (χ4v) is 0.986. The second kappa shape index (κ2) is 4.58. The molecule has 2 atom stereocenters. The molecule has 3 N–H and O–H groups in total. The Morgan fingerprint density at radius 3 is 2.86 bits per heavy atom. The van der Waals surface area contributed by atoms with Gasteiger partial charge in [-0.2, -0.15) is 5.26 Å². The predicted octanol–water partition coefficient (Wildman–Crippen LogP) is 1.10. The molecule has 4 heteroatoms. The SMILES string of the molecule is CC(N)C(C)Nc1ccncc1C#N. The molecule has 4 nitrogen and oxygen atoms in total. The summed E-state index contributed by atoms with van der Waals surface area (Å²) in [6.07, 6.45) is 3.19. The highest BCUT2D eigenvalue weighted by atomic mass is 15.0. The summed E-state index contributed by atoms with van der Waals surface area (Å²) in [6.45, 7) is 3.90. The average Bonchev–Trinajstić information content (AvgIpc) is 2.18. The van der Waals surface area contributed by atoms with Gasteiger partial charge in [0, 0.05) is 24.5 Å². The van der Waals surface area contributed by atoms with Gasteiger partial charge in [-0.1, -0.05) is 0 Å². The molecule has 0 bridgehead atoms. The first-order chi connectivity index (χ1) is 6.65. The third-order valence-electron chi connectivity index (χ3n) is 2.11. The van der Waals surface area contributed by atoms with E-state index in [1.54, 1.807) is 12.3 Å². The number of pyridine rings is 1. The van der Waals surface area contributed by atoms with Gasteiger partial charge < -0.3 is 11.1 Å². The van der Waals surface area contributed by atoms with Crippen LogP contribution in [0.25, 0.3) is 0 Å². The first-order valence-corrected chi connectivity index (χ1v) is 4.51. The minimum atomic E-state index is 0.0368. The predicted molar refractivity (Wildman–Crippen MR) is 55.7 cm³/mol. The number of hydrogen-bond donors (Lipinski definition) is 2. The molecule has 1 rings (SSSR count). The van der Waals surface area contributed by atoms with Crippen molar-refractivity contribution >= 4 is 5.69 Å². The Hall–Kier alpha value is -1.60. The third-order valence-corrected chi connectivity index (χ3v) is 2.11. The van der Waals surface area contributed by atoms with Crippen LogP contribution in [0, 0.1) is 11.3 Å². The van der Waals surface area contributed by atoms with E-state index in [-0.39, 0.29) is 12.1 Å². The minimum absolute atomic E-state index is 0.0368. The Morgan fingerprint density at radius 1 is 1.57 bits per heavy atom. The first kappa shape index (κ1) is 10.5. The first-order valence-electron chi connectivity index (χ1n) is 4.51. The van der Waals surface area contributed by atoms with Gasteiger partial charge in [0.25, 0.3) is 0 Å². The van der Waals surface area contributed by atoms with Crippen molar-refractivity contribution in [3.8, 4) is 6.07 Å². The van der Waals surface area contributed by atoms with Gasteiger partial charge >= 0.3 is 0 Å². The summed E-state index contributed by atoms with van der Waals surface area (Å²) in [5.41, 5.74) is 7.04. The fourth-order valence-electron chi connectivity index (χ4n) is 0.986. The molecule has 1 heterocycles. The molecule has 0 spiro atoms. The molecule has 14 heavy (non-hydrogen) atoms. The number of nitriles is 1. The highest BCUT2D eigenvalue weighted by molar-refractivity contribution is 5.56. The van der Waals surface area contributed by atoms with Crippen LogP contribution in [-0.2, 0) is 0 Å². The lowest BCUT2D eigenvalue weighted by Crippen LogP contribution is -2.35. The Balaban J connectivity index is 2.82. The highest BCUT2D eigenvalue weighted by Crippen LogP contribution is 2.13. The molecule has 0 radical (unpaired) electrons. The van der Waals surface area contributed by atoms with Crippen molar-refractivity contribution in [3.05, 3.63) is 24.0 Å². The molecule has 0 fully saturated rings. The Kier molecular flexibility index (Phi) is 3.43. The molecule has 0 saturated carbocycles. The summed E-state index contributed by atoms with van der Waals surface area (Å²) >= 11 is 0. The van der Waals surface area contributed by atoms with Crippen LogP contribution in [0.3, 0.4) is 0 Å². The van der Waals surface area contributed by atoms with E-state index >= 15 is 0 Å². The van der Waals surface area contributed by atoms with E-state index in [0.29, 0.717) is 5.56 Å². The number of nitrogens with zero attached hydrogens (tertiary/aromatic N) is 2. The molecular formula is C10H14N4. The number of aromatic nitrogens is 1. The molecule has 2 unspecified atom stereocenters. The maximum absolute atomic E-state index is 8.81. The molecule has 74 valence electrons. The minimum Gasteiger partial charge on any atom is -0.380 e. The molecule has 0 amide bonds. The molecule has 0 aromatic carbocycles. The van der Waals surface area contributed by atoms with Crippen molar-refractivity contribution in [1.82, 2.24) is 4.98 Å². The van der Waals surface area contributed by atoms with Crippen molar-refractivity contribution in [2.75, 3.05) is 5.32 Å². The Labute approximate surface area is 83.8 Å². The maximum atomic E-state index is 8.81. The van der Waals surface area contributed by atoms with Gasteiger partial charge in [-0.25, -0.2) is 0 Å². The third kappa shape index (κ3) is 2.44. The summed E-state index contributed by atoms with van der Waals surface area (Å²) in [4.78, 5) is 3.87. The van der Waals surface area contributed by atoms with Crippen LogP contribution in [0.2, 0.25) is 0 Å². The van der Waals surface area contributed by atoms with Crippen LogP contribution in [0.4, 0.5) is 5.69 Å². The van der Waals surface area contributed by atoms with E-state index in [0.717, 1.165) is 5.69 Å². The molecule has 0 aliphatic carbocycles. The van der Waals surface area contributed by atoms with E-state index in [9.17, 15) is 0 Å². The van der Waals surface area contributed by atoms with Crippen LogP contribution in [0.15, 0.2) is 18.5 Å². The topological polar surface area (TPSA) is 74.7 Å². The lowest BCUT2D eigenvalue weighted by molar-refractivity contribution is 0.638. The number of nitrogens with two attached hydrogens (primary N) is 1. The van der Waals surface area contributed by atoms with Gasteiger partial charge in [0.05, 0.1) is 11.3 Å². The molecule has 0 saturated heterocycles. The number of rotatable bonds is 3. The van der Waals surface area contributed by atoms with Crippen molar-refractivity contribution in [2.24, 2.45) is 5.73 Å². The van der Waals surface area contributed by atoms with Crippen LogP contribution >= 0.6 is 0 Å². The van der Waals surface area contributed by atoms with Crippen molar-refractivity contribution in [2.45, 2.75) is 25.9 Å². The number of anilines is 1. The maximum Gasteiger partial charge on any atom is 0.103 e. The van der Waals surface area contributed by atoms with Crippen LogP contribution in [0.5, 0.6) is 0 Å². The zero-order chi connectivity index (χ0) is 10.6. The largest absolute Gasteiger partial charge is 0.380 e. The monoisotopic (exact) mass is 190 g/mol. The molecule has 1 aromatic heterocycles. The van der Waals surface area contributed by atoms with E-state index in [1.165, 1.54) is 6.20 Å². The second-order valence-corrected chi connectivity index (χ2v) is 3.33. The zero-order valence-corrected chi connectivity index (χ0v) is 8.36. The van der Waals surface area contributed by atoms with Gasteiger partial charge in [-0.3, -0.25) is 4.98 Å². The van der Waals surface area contributed by atoms with E-state index < -0.39 is 0 Å². The summed E-state index contributed by atoms with van der Waals surface area (Å²) in [5, 5.41) is 12.0. The van der Waals surface area contributed by atoms with E-state index in [2.05, 4.69) is 16.4 Å². The van der Waals surface area contributed by atoms with Gasteiger partial charge in [0.1, 0.15) is 6.07 Å². The summed E-state index contributed by atoms with van der Waals surface area (Å²) in [6, 6.07) is 4.02. The summed E-state index contributed by atoms with van der Waals surface area (Å²) in [5.74, 6) is 0. The summed E-state index contributed by atoms with van der Waals surface area (Å²) in [7, 11) is 0. The highest BCUT2D eigenvalue weighted by Gasteiger charge is 2.09. The van der Waals surface area contributed by atoms with Crippen molar-refractivity contribution in [1.29, 1.82) is 5.26 Å². The average molecular weight is 190 g/mol. The molecule has 0 aliphatic rings. The normalized spacial score (nSPS) is 14.1. The Bertz CT molecular complexity index is 340. The number of hydrogen-bond acceptors (Lipinski definition) is 4. The van der Waals surface area contributed by atoms with Crippen molar-refractivity contribution < 1.29 is 0 Å².